The van der Waals surface area contributed by atoms with Crippen molar-refractivity contribution >= 4 is 5.97 Å². The van der Waals surface area contributed by atoms with Crippen LogP contribution in [0.4, 0.5) is 0 Å². The summed E-state index contributed by atoms with van der Waals surface area (Å²) >= 11 is 0. The topological polar surface area (TPSA) is 119 Å². The van der Waals surface area contributed by atoms with E-state index in [0.29, 0.717) is 10.7 Å². The first-order valence-corrected chi connectivity index (χ1v) is 6.91. The van der Waals surface area contributed by atoms with Crippen LogP contribution in [0.2, 0.25) is 0 Å². The van der Waals surface area contributed by atoms with Gasteiger partial charge in [-0.1, -0.05) is 6.42 Å². The lowest BCUT2D eigenvalue weighted by molar-refractivity contribution is -2.00. The maximum Gasteiger partial charge on any atom is 0.363 e. The van der Waals surface area contributed by atoms with E-state index in [2.05, 4.69) is 0 Å². The minimum Gasteiger partial charge on any atom is -0.277 e. The number of rotatable bonds is 2. The molecule has 1 aliphatic rings. The van der Waals surface area contributed by atoms with Crippen molar-refractivity contribution in [2.24, 2.45) is 0 Å². The first-order chi connectivity index (χ1) is 8.02. The van der Waals surface area contributed by atoms with Gasteiger partial charge in [0.15, 0.2) is 0 Å². The third kappa shape index (κ3) is 9.58. The van der Waals surface area contributed by atoms with E-state index in [-0.39, 0.29) is 5.97 Å². The van der Waals surface area contributed by atoms with Crippen molar-refractivity contribution in [3.05, 3.63) is 0 Å². The number of nitrogens with zero attached hydrogens (tertiary/aromatic N) is 1. The molecular formula is C10H20ClNO6. The van der Waals surface area contributed by atoms with Crippen LogP contribution in [-0.4, -0.2) is 30.8 Å². The van der Waals surface area contributed by atoms with Gasteiger partial charge >= 0.3 is 5.97 Å². The zero-order valence-electron chi connectivity index (χ0n) is 10.9. The van der Waals surface area contributed by atoms with Crippen molar-refractivity contribution in [3.8, 4) is 0 Å². The Balaban J connectivity index is 0.000000494. The highest BCUT2D eigenvalue weighted by Crippen LogP contribution is 2.25. The number of carbonyl (C=O) groups is 1. The Morgan fingerprint density at radius 3 is 1.83 bits per heavy atom. The number of carbonyl (C=O) groups excluding carboxylic acids is 1. The van der Waals surface area contributed by atoms with Gasteiger partial charge in [0, 0.05) is 19.8 Å². The van der Waals surface area contributed by atoms with Crippen molar-refractivity contribution in [1.29, 1.82) is 0 Å². The van der Waals surface area contributed by atoms with Gasteiger partial charge in [0.2, 0.25) is 0 Å². The molecule has 0 amide bonds. The fourth-order valence-electron chi connectivity index (χ4n) is 2.11. The zero-order valence-corrected chi connectivity index (χ0v) is 11.6. The van der Waals surface area contributed by atoms with Crippen molar-refractivity contribution in [1.82, 2.24) is 0 Å². The summed E-state index contributed by atoms with van der Waals surface area (Å²) in [7, 11) is -1.01. The quantitative estimate of drug-likeness (QED) is 0.397. The lowest BCUT2D eigenvalue weighted by Crippen LogP contribution is -2.68. The van der Waals surface area contributed by atoms with Gasteiger partial charge in [-0.15, -0.1) is 14.9 Å². The summed E-state index contributed by atoms with van der Waals surface area (Å²) < 4.78 is 34.4. The molecule has 7 nitrogen and oxygen atoms in total. The predicted molar refractivity (Wildman–Crippen MR) is 50.7 cm³/mol. The first kappa shape index (κ1) is 17.6. The van der Waals surface area contributed by atoms with Crippen LogP contribution in [0, 0.1) is 10.2 Å². The van der Waals surface area contributed by atoms with Crippen LogP contribution < -0.4 is 18.6 Å². The lowest BCUT2D eigenvalue weighted by atomic mass is 9.94. The van der Waals surface area contributed by atoms with Crippen molar-refractivity contribution in [2.75, 3.05) is 14.1 Å². The Labute approximate surface area is 109 Å². The maximum atomic E-state index is 10.9. The Morgan fingerprint density at radius 2 is 1.50 bits per heavy atom. The molecule has 0 radical (unpaired) electrons. The van der Waals surface area contributed by atoms with E-state index >= 15 is 0 Å². The van der Waals surface area contributed by atoms with Gasteiger partial charge in [0.1, 0.15) is 20.1 Å². The standard InChI is InChI=1S/C10H20NO2.ClHO4/c1-9(12)13-11(2,3)10-7-5-4-6-8-10;2-1(3,4)5/h10H,4-8H2,1-3H3;(H,2,3,4,5)/q+1;/p-1. The summed E-state index contributed by atoms with van der Waals surface area (Å²) in [6.07, 6.45) is 6.23. The lowest BCUT2D eigenvalue weighted by Gasteiger charge is -2.35. The fraction of sp³-hybridized carbons (Fsp3) is 0.900. The van der Waals surface area contributed by atoms with Gasteiger partial charge in [0.05, 0.1) is 0 Å². The molecule has 1 fully saturated rings. The number of halogens is 1. The normalized spacial score (nSPS) is 17.7. The Morgan fingerprint density at radius 1 is 1.11 bits per heavy atom. The first-order valence-electron chi connectivity index (χ1n) is 5.68. The molecule has 108 valence electrons. The Bertz CT molecular complexity index is 254. The van der Waals surface area contributed by atoms with E-state index in [1.54, 1.807) is 0 Å². The van der Waals surface area contributed by atoms with E-state index in [1.165, 1.54) is 39.0 Å². The Kier molecular flexibility index (Phi) is 7.05. The zero-order chi connectivity index (χ0) is 14.4. The van der Waals surface area contributed by atoms with Crippen molar-refractivity contribution in [3.63, 3.8) is 0 Å². The third-order valence-electron chi connectivity index (χ3n) is 2.82. The maximum absolute atomic E-state index is 10.9. The molecule has 0 atom stereocenters. The molecule has 1 aliphatic carbocycles. The van der Waals surface area contributed by atoms with Gasteiger partial charge < -0.3 is 0 Å². The van der Waals surface area contributed by atoms with Crippen molar-refractivity contribution in [2.45, 2.75) is 45.1 Å². The average molecular weight is 286 g/mol. The van der Waals surface area contributed by atoms with Gasteiger partial charge in [0.25, 0.3) is 0 Å². The summed E-state index contributed by atoms with van der Waals surface area (Å²) in [6, 6.07) is 0.498. The highest BCUT2D eigenvalue weighted by Gasteiger charge is 2.33. The molecule has 0 heterocycles. The summed E-state index contributed by atoms with van der Waals surface area (Å²) in [5, 5.41) is 0. The predicted octanol–water partition coefficient (Wildman–Crippen LogP) is -2.88. The molecule has 0 spiro atoms. The van der Waals surface area contributed by atoms with Crippen LogP contribution in [0.3, 0.4) is 0 Å². The van der Waals surface area contributed by atoms with E-state index in [1.807, 2.05) is 14.1 Å². The van der Waals surface area contributed by atoms with Gasteiger partial charge in [-0.05, 0) is 12.8 Å². The van der Waals surface area contributed by atoms with Crippen LogP contribution in [0.1, 0.15) is 39.0 Å². The highest BCUT2D eigenvalue weighted by molar-refractivity contribution is 5.65. The van der Waals surface area contributed by atoms with E-state index < -0.39 is 10.2 Å². The van der Waals surface area contributed by atoms with Crippen LogP contribution in [0.15, 0.2) is 0 Å². The fourth-order valence-corrected chi connectivity index (χ4v) is 2.11. The minimum absolute atomic E-state index is 0.185. The number of hydroxylamine groups is 3. The van der Waals surface area contributed by atoms with E-state index in [4.69, 9.17) is 23.5 Å². The molecule has 0 unspecified atom stereocenters. The van der Waals surface area contributed by atoms with Gasteiger partial charge in [-0.25, -0.2) is 23.4 Å². The Hall–Kier alpha value is -0.440. The van der Waals surface area contributed by atoms with E-state index in [0.717, 1.165) is 0 Å². The molecule has 0 bridgehead atoms. The van der Waals surface area contributed by atoms with E-state index in [9.17, 15) is 4.79 Å². The number of quaternary nitrogens is 1. The SMILES string of the molecule is CC(=O)O[N+](C)(C)C1CCCCC1.[O-][Cl+3]([O-])([O-])[O-]. The summed E-state index contributed by atoms with van der Waals surface area (Å²) in [5.74, 6) is -0.185. The molecule has 0 aromatic carbocycles. The third-order valence-corrected chi connectivity index (χ3v) is 2.82. The monoisotopic (exact) mass is 285 g/mol. The second-order valence-corrected chi connectivity index (χ2v) is 5.44. The number of hydrogen-bond acceptors (Lipinski definition) is 6. The molecular weight excluding hydrogens is 266 g/mol. The molecule has 1 rings (SSSR count). The average Bonchev–Trinajstić information content (AvgIpc) is 2.14. The molecule has 0 N–H and O–H groups in total. The molecule has 0 saturated heterocycles. The van der Waals surface area contributed by atoms with Gasteiger partial charge in [-0.3, -0.25) is 4.84 Å². The minimum atomic E-state index is -4.94. The van der Waals surface area contributed by atoms with Crippen LogP contribution >= 0.6 is 0 Å². The molecule has 0 aromatic rings. The highest BCUT2D eigenvalue weighted by atomic mass is 35.7. The van der Waals surface area contributed by atoms with Crippen molar-refractivity contribution < 1.29 is 43.2 Å². The summed E-state index contributed by atoms with van der Waals surface area (Å²) in [5.41, 5.74) is 0. The second kappa shape index (κ2) is 7.22. The molecule has 1 saturated carbocycles. The van der Waals surface area contributed by atoms with Gasteiger partial charge in [-0.2, -0.15) is 0 Å². The second-order valence-electron chi connectivity index (χ2n) is 4.69. The molecule has 0 aromatic heterocycles. The smallest absolute Gasteiger partial charge is 0.277 e. The van der Waals surface area contributed by atoms with Crippen LogP contribution in [0.25, 0.3) is 0 Å². The van der Waals surface area contributed by atoms with Crippen LogP contribution in [-0.2, 0) is 9.63 Å². The molecule has 18 heavy (non-hydrogen) atoms. The summed E-state index contributed by atoms with van der Waals surface area (Å²) in [4.78, 5) is 16.1. The molecule has 0 aliphatic heterocycles. The summed E-state index contributed by atoms with van der Waals surface area (Å²) in [6.45, 7) is 1.48. The molecule has 8 heteroatoms. The number of hydrogen-bond donors (Lipinski definition) is 0. The largest absolute Gasteiger partial charge is 0.363 e. The van der Waals surface area contributed by atoms with Crippen LogP contribution in [0.5, 0.6) is 0 Å².